The number of hydrogen-bond acceptors (Lipinski definition) is 5. The minimum atomic E-state index is -0.556. The second-order valence-corrected chi connectivity index (χ2v) is 6.88. The number of likely N-dealkylation sites (tertiary alicyclic amines) is 1. The summed E-state index contributed by atoms with van der Waals surface area (Å²) in [6, 6.07) is 6.45. The first-order chi connectivity index (χ1) is 13.1. The molecule has 0 aliphatic carbocycles. The first-order valence-corrected chi connectivity index (χ1v) is 9.37. The highest BCUT2D eigenvalue weighted by molar-refractivity contribution is 5.95. The van der Waals surface area contributed by atoms with E-state index >= 15 is 0 Å². The molecule has 146 valence electrons. The number of methoxy groups -OCH3 is 2. The number of urea groups is 1. The number of carbonyl (C=O) groups excluding carboxylic acids is 2. The number of benzene rings is 1. The fourth-order valence-electron chi connectivity index (χ4n) is 3.66. The molecule has 7 heteroatoms. The van der Waals surface area contributed by atoms with Gasteiger partial charge < -0.3 is 20.1 Å². The van der Waals surface area contributed by atoms with Crippen LogP contribution >= 0.6 is 0 Å². The molecule has 1 aromatic rings. The van der Waals surface area contributed by atoms with Gasteiger partial charge in [0.25, 0.3) is 0 Å². The van der Waals surface area contributed by atoms with Gasteiger partial charge in [-0.25, -0.2) is 9.59 Å². The Hall–Kier alpha value is -2.54. The molecule has 2 aliphatic heterocycles. The maximum Gasteiger partial charge on any atom is 0.338 e. The molecule has 2 heterocycles. The van der Waals surface area contributed by atoms with Crippen LogP contribution < -0.4 is 15.4 Å². The van der Waals surface area contributed by atoms with Crippen LogP contribution in [0, 0.1) is 0 Å². The van der Waals surface area contributed by atoms with Gasteiger partial charge in [-0.15, -0.1) is 0 Å². The van der Waals surface area contributed by atoms with Gasteiger partial charge in [-0.2, -0.15) is 0 Å². The number of esters is 1. The van der Waals surface area contributed by atoms with Crippen LogP contribution in [-0.2, 0) is 9.53 Å². The molecule has 0 saturated carbocycles. The summed E-state index contributed by atoms with van der Waals surface area (Å²) < 4.78 is 10.2. The molecular weight excluding hydrogens is 346 g/mol. The van der Waals surface area contributed by atoms with Gasteiger partial charge in [0.15, 0.2) is 0 Å². The summed E-state index contributed by atoms with van der Waals surface area (Å²) in [6.07, 6.45) is 4.72. The Kier molecular flexibility index (Phi) is 6.34. The molecule has 0 bridgehead atoms. The zero-order valence-electron chi connectivity index (χ0n) is 15.9. The number of hydrogen-bond donors (Lipinski definition) is 2. The van der Waals surface area contributed by atoms with Crippen LogP contribution in [0.2, 0.25) is 0 Å². The summed E-state index contributed by atoms with van der Waals surface area (Å²) >= 11 is 0. The zero-order valence-corrected chi connectivity index (χ0v) is 15.9. The lowest BCUT2D eigenvalue weighted by atomic mass is 9.95. The first kappa shape index (κ1) is 19.2. The van der Waals surface area contributed by atoms with E-state index in [4.69, 9.17) is 9.47 Å². The predicted octanol–water partition coefficient (Wildman–Crippen LogP) is 2.35. The van der Waals surface area contributed by atoms with Gasteiger partial charge in [-0.05, 0) is 43.6 Å². The molecule has 0 aromatic heterocycles. The smallest absolute Gasteiger partial charge is 0.338 e. The van der Waals surface area contributed by atoms with E-state index in [9.17, 15) is 9.59 Å². The standard InChI is InChI=1S/C20H27N3O4/c1-26-15-9-7-14(8-10-15)18-17(19(24)27-2)16(21-20(25)22-18)13-23-11-5-3-4-6-12-23/h7-10,18H,3-6,11-13H2,1-2H3,(H2,21,22,25)/t18-/m1/s1. The lowest BCUT2D eigenvalue weighted by molar-refractivity contribution is -0.136. The maximum atomic E-state index is 12.6. The van der Waals surface area contributed by atoms with E-state index < -0.39 is 12.0 Å². The van der Waals surface area contributed by atoms with Crippen molar-refractivity contribution in [3.05, 3.63) is 41.1 Å². The van der Waals surface area contributed by atoms with Crippen molar-refractivity contribution in [1.29, 1.82) is 0 Å². The lowest BCUT2D eigenvalue weighted by Gasteiger charge is -2.31. The van der Waals surface area contributed by atoms with Crippen LogP contribution in [0.3, 0.4) is 0 Å². The monoisotopic (exact) mass is 373 g/mol. The number of nitrogens with one attached hydrogen (secondary N) is 2. The van der Waals surface area contributed by atoms with E-state index in [1.165, 1.54) is 20.0 Å². The Morgan fingerprint density at radius 1 is 1.11 bits per heavy atom. The average Bonchev–Trinajstić information content (AvgIpc) is 2.96. The normalized spacial score (nSPS) is 21.1. The van der Waals surface area contributed by atoms with Crippen molar-refractivity contribution < 1.29 is 19.1 Å². The van der Waals surface area contributed by atoms with E-state index in [2.05, 4.69) is 15.5 Å². The first-order valence-electron chi connectivity index (χ1n) is 9.37. The molecule has 7 nitrogen and oxygen atoms in total. The Morgan fingerprint density at radius 2 is 1.78 bits per heavy atom. The third-order valence-corrected chi connectivity index (χ3v) is 5.09. The van der Waals surface area contributed by atoms with Crippen LogP contribution in [0.5, 0.6) is 5.75 Å². The molecular formula is C20H27N3O4. The lowest BCUT2D eigenvalue weighted by Crippen LogP contribution is -2.48. The zero-order chi connectivity index (χ0) is 19.2. The summed E-state index contributed by atoms with van der Waals surface area (Å²) in [5, 5.41) is 5.68. The SMILES string of the molecule is COC(=O)C1=C(CN2CCCCCC2)NC(=O)N[C@@H]1c1ccc(OC)cc1. The van der Waals surface area contributed by atoms with Crippen molar-refractivity contribution in [2.24, 2.45) is 0 Å². The van der Waals surface area contributed by atoms with E-state index in [-0.39, 0.29) is 6.03 Å². The van der Waals surface area contributed by atoms with Crippen LogP contribution in [-0.4, -0.2) is 50.8 Å². The molecule has 1 atom stereocenters. The molecule has 2 amide bonds. The number of rotatable bonds is 5. The predicted molar refractivity (Wildman–Crippen MR) is 101 cm³/mol. The largest absolute Gasteiger partial charge is 0.497 e. The van der Waals surface area contributed by atoms with Crippen molar-refractivity contribution in [1.82, 2.24) is 15.5 Å². The molecule has 3 rings (SSSR count). The molecule has 2 N–H and O–H groups in total. The van der Waals surface area contributed by atoms with Gasteiger partial charge in [0, 0.05) is 12.2 Å². The second-order valence-electron chi connectivity index (χ2n) is 6.88. The number of carbonyl (C=O) groups is 2. The molecule has 1 fully saturated rings. The van der Waals surface area contributed by atoms with Crippen molar-refractivity contribution in [2.75, 3.05) is 33.9 Å². The van der Waals surface area contributed by atoms with Gasteiger partial charge >= 0.3 is 12.0 Å². The van der Waals surface area contributed by atoms with Crippen LogP contribution in [0.1, 0.15) is 37.3 Å². The van der Waals surface area contributed by atoms with E-state index in [1.54, 1.807) is 7.11 Å². The molecule has 27 heavy (non-hydrogen) atoms. The summed E-state index contributed by atoms with van der Waals surface area (Å²) in [4.78, 5) is 27.2. The summed E-state index contributed by atoms with van der Waals surface area (Å²) in [5.41, 5.74) is 1.87. The highest BCUT2D eigenvalue weighted by Crippen LogP contribution is 2.29. The van der Waals surface area contributed by atoms with Crippen molar-refractivity contribution in [2.45, 2.75) is 31.7 Å². The fraction of sp³-hybridized carbons (Fsp3) is 0.500. The Bertz CT molecular complexity index is 706. The van der Waals surface area contributed by atoms with Crippen LogP contribution in [0.25, 0.3) is 0 Å². The van der Waals surface area contributed by atoms with Crippen molar-refractivity contribution in [3.63, 3.8) is 0 Å². The molecule has 1 saturated heterocycles. The second kappa shape index (κ2) is 8.90. The third-order valence-electron chi connectivity index (χ3n) is 5.09. The van der Waals surface area contributed by atoms with Gasteiger partial charge in [0.05, 0.1) is 25.8 Å². The average molecular weight is 373 g/mol. The number of amides is 2. The minimum absolute atomic E-state index is 0.312. The summed E-state index contributed by atoms with van der Waals surface area (Å²) in [6.45, 7) is 2.47. The third kappa shape index (κ3) is 4.60. The molecule has 0 unspecified atom stereocenters. The summed E-state index contributed by atoms with van der Waals surface area (Å²) in [5.74, 6) is 0.278. The van der Waals surface area contributed by atoms with E-state index in [1.807, 2.05) is 24.3 Å². The Labute approximate surface area is 159 Å². The molecule has 1 aromatic carbocycles. The van der Waals surface area contributed by atoms with Gasteiger partial charge in [-0.1, -0.05) is 25.0 Å². The van der Waals surface area contributed by atoms with Crippen LogP contribution in [0.4, 0.5) is 4.79 Å². The topological polar surface area (TPSA) is 79.9 Å². The summed E-state index contributed by atoms with van der Waals surface area (Å²) in [7, 11) is 2.96. The maximum absolute atomic E-state index is 12.6. The van der Waals surface area contributed by atoms with Crippen LogP contribution in [0.15, 0.2) is 35.5 Å². The van der Waals surface area contributed by atoms with Crippen molar-refractivity contribution >= 4 is 12.0 Å². The minimum Gasteiger partial charge on any atom is -0.497 e. The quantitative estimate of drug-likeness (QED) is 0.775. The van der Waals surface area contributed by atoms with Gasteiger partial charge in [0.1, 0.15) is 5.75 Å². The van der Waals surface area contributed by atoms with E-state index in [0.717, 1.165) is 31.5 Å². The fourth-order valence-corrected chi connectivity index (χ4v) is 3.66. The van der Waals surface area contributed by atoms with E-state index in [0.29, 0.717) is 23.6 Å². The molecule has 0 radical (unpaired) electrons. The van der Waals surface area contributed by atoms with Gasteiger partial charge in [0.2, 0.25) is 0 Å². The number of nitrogens with zero attached hydrogens (tertiary/aromatic N) is 1. The van der Waals surface area contributed by atoms with Gasteiger partial charge in [-0.3, -0.25) is 4.90 Å². The number of ether oxygens (including phenoxy) is 2. The Morgan fingerprint density at radius 3 is 2.37 bits per heavy atom. The molecule has 0 spiro atoms. The molecule has 2 aliphatic rings. The highest BCUT2D eigenvalue weighted by Gasteiger charge is 2.34. The Balaban J connectivity index is 1.94. The highest BCUT2D eigenvalue weighted by atomic mass is 16.5. The van der Waals surface area contributed by atoms with Crippen molar-refractivity contribution in [3.8, 4) is 5.75 Å².